The van der Waals surface area contributed by atoms with E-state index in [-0.39, 0.29) is 0 Å². The first-order valence-electron chi connectivity index (χ1n) is 7.87. The van der Waals surface area contributed by atoms with Gasteiger partial charge in [0, 0.05) is 6.42 Å². The second kappa shape index (κ2) is 7.28. The summed E-state index contributed by atoms with van der Waals surface area (Å²) in [5, 5.41) is 3.40. The quantitative estimate of drug-likeness (QED) is 0.903. The van der Waals surface area contributed by atoms with E-state index in [0.717, 1.165) is 31.9 Å². The predicted octanol–water partition coefficient (Wildman–Crippen LogP) is 3.66. The van der Waals surface area contributed by atoms with Gasteiger partial charge in [0.2, 0.25) is 0 Å². The lowest BCUT2D eigenvalue weighted by Gasteiger charge is -2.23. The Balaban J connectivity index is 1.64. The van der Waals surface area contributed by atoms with E-state index >= 15 is 0 Å². The Kier molecular flexibility index (Phi) is 4.90. The Labute approximate surface area is 127 Å². The van der Waals surface area contributed by atoms with Crippen LogP contribution in [0.15, 0.2) is 54.6 Å². The molecule has 2 aromatic carbocycles. The van der Waals surface area contributed by atoms with Crippen LogP contribution in [0, 0.1) is 5.92 Å². The zero-order valence-corrected chi connectivity index (χ0v) is 12.4. The molecule has 0 bridgehead atoms. The molecule has 0 amide bonds. The minimum atomic E-state index is 0.691. The zero-order chi connectivity index (χ0) is 14.3. The first-order valence-corrected chi connectivity index (χ1v) is 7.87. The molecule has 1 fully saturated rings. The van der Waals surface area contributed by atoms with Crippen molar-refractivity contribution in [2.45, 2.75) is 19.3 Å². The van der Waals surface area contributed by atoms with Crippen LogP contribution in [0.5, 0.6) is 5.75 Å². The number of benzene rings is 2. The molecule has 110 valence electrons. The van der Waals surface area contributed by atoms with Gasteiger partial charge in [-0.1, -0.05) is 48.5 Å². The number of hydrogen-bond donors (Lipinski definition) is 1. The van der Waals surface area contributed by atoms with Crippen LogP contribution in [0.3, 0.4) is 0 Å². The van der Waals surface area contributed by atoms with Gasteiger partial charge in [0.05, 0.1) is 6.61 Å². The number of rotatable bonds is 5. The molecule has 0 aliphatic carbocycles. The number of nitrogens with one attached hydrogen (secondary N) is 1. The number of para-hydroxylation sites is 1. The van der Waals surface area contributed by atoms with E-state index in [9.17, 15) is 0 Å². The van der Waals surface area contributed by atoms with Crippen molar-refractivity contribution < 1.29 is 4.74 Å². The highest BCUT2D eigenvalue weighted by Crippen LogP contribution is 2.23. The molecule has 1 N–H and O–H groups in total. The molecule has 0 atom stereocenters. The maximum Gasteiger partial charge on any atom is 0.122 e. The average molecular weight is 281 g/mol. The molecule has 1 aliphatic rings. The van der Waals surface area contributed by atoms with Crippen molar-refractivity contribution in [2.24, 2.45) is 5.92 Å². The Morgan fingerprint density at radius 1 is 0.905 bits per heavy atom. The fourth-order valence-electron chi connectivity index (χ4n) is 2.86. The lowest BCUT2D eigenvalue weighted by Crippen LogP contribution is -2.30. The lowest BCUT2D eigenvalue weighted by molar-refractivity contribution is 0.214. The minimum absolute atomic E-state index is 0.691. The number of ether oxygens (including phenoxy) is 1. The van der Waals surface area contributed by atoms with Gasteiger partial charge in [0.1, 0.15) is 5.75 Å². The summed E-state index contributed by atoms with van der Waals surface area (Å²) in [4.78, 5) is 0. The van der Waals surface area contributed by atoms with Crippen LogP contribution >= 0.6 is 0 Å². The summed E-state index contributed by atoms with van der Waals surface area (Å²) >= 11 is 0. The van der Waals surface area contributed by atoms with Crippen molar-refractivity contribution in [2.75, 3.05) is 19.7 Å². The van der Waals surface area contributed by atoms with Gasteiger partial charge in [-0.3, -0.25) is 0 Å². The molecule has 21 heavy (non-hydrogen) atoms. The Bertz CT molecular complexity index is 547. The second-order valence-corrected chi connectivity index (χ2v) is 5.77. The van der Waals surface area contributed by atoms with Gasteiger partial charge in [-0.05, 0) is 49.0 Å². The zero-order valence-electron chi connectivity index (χ0n) is 12.4. The molecule has 1 heterocycles. The van der Waals surface area contributed by atoms with Gasteiger partial charge in [-0.15, -0.1) is 0 Å². The Morgan fingerprint density at radius 3 is 2.43 bits per heavy atom. The Hall–Kier alpha value is -1.80. The van der Waals surface area contributed by atoms with Crippen molar-refractivity contribution in [1.82, 2.24) is 5.32 Å². The summed E-state index contributed by atoms with van der Waals surface area (Å²) in [7, 11) is 0. The standard InChI is InChI=1S/C19H23NO/c1-2-6-16(7-3-1)14-18-8-4-5-9-19(18)21-15-17-10-12-20-13-11-17/h1-9,17,20H,10-15H2. The Morgan fingerprint density at radius 2 is 1.62 bits per heavy atom. The van der Waals surface area contributed by atoms with E-state index in [1.165, 1.54) is 24.0 Å². The summed E-state index contributed by atoms with van der Waals surface area (Å²) in [6, 6.07) is 19.0. The highest BCUT2D eigenvalue weighted by molar-refractivity contribution is 5.37. The van der Waals surface area contributed by atoms with Gasteiger partial charge in [0.15, 0.2) is 0 Å². The molecule has 2 nitrogen and oxygen atoms in total. The molecule has 3 rings (SSSR count). The van der Waals surface area contributed by atoms with Crippen molar-refractivity contribution in [3.05, 3.63) is 65.7 Å². The molecule has 0 saturated carbocycles. The van der Waals surface area contributed by atoms with Crippen molar-refractivity contribution in [1.29, 1.82) is 0 Å². The maximum absolute atomic E-state index is 6.12. The average Bonchev–Trinajstić information content (AvgIpc) is 2.56. The summed E-state index contributed by atoms with van der Waals surface area (Å²) < 4.78 is 6.12. The van der Waals surface area contributed by atoms with Gasteiger partial charge in [0.25, 0.3) is 0 Å². The first-order chi connectivity index (χ1) is 10.4. The maximum atomic E-state index is 6.12. The van der Waals surface area contributed by atoms with Gasteiger partial charge in [-0.25, -0.2) is 0 Å². The monoisotopic (exact) mass is 281 g/mol. The molecule has 0 aromatic heterocycles. The number of piperidine rings is 1. The highest BCUT2D eigenvalue weighted by atomic mass is 16.5. The fourth-order valence-corrected chi connectivity index (χ4v) is 2.86. The molecule has 0 radical (unpaired) electrons. The minimum Gasteiger partial charge on any atom is -0.493 e. The summed E-state index contributed by atoms with van der Waals surface area (Å²) in [6.07, 6.45) is 3.38. The topological polar surface area (TPSA) is 21.3 Å². The van der Waals surface area contributed by atoms with Crippen molar-refractivity contribution in [3.63, 3.8) is 0 Å². The summed E-state index contributed by atoms with van der Waals surface area (Å²) in [5.41, 5.74) is 2.60. The van der Waals surface area contributed by atoms with Crippen LogP contribution < -0.4 is 10.1 Å². The first kappa shape index (κ1) is 14.2. The smallest absolute Gasteiger partial charge is 0.122 e. The molecule has 2 aromatic rings. The highest BCUT2D eigenvalue weighted by Gasteiger charge is 2.14. The fraction of sp³-hybridized carbons (Fsp3) is 0.368. The van der Waals surface area contributed by atoms with Gasteiger partial charge < -0.3 is 10.1 Å². The normalized spacial score (nSPS) is 15.8. The van der Waals surface area contributed by atoms with Crippen LogP contribution in [0.25, 0.3) is 0 Å². The third-order valence-corrected chi connectivity index (χ3v) is 4.14. The molecule has 2 heteroatoms. The van der Waals surface area contributed by atoms with Gasteiger partial charge >= 0.3 is 0 Å². The third-order valence-electron chi connectivity index (χ3n) is 4.14. The van der Waals surface area contributed by atoms with Gasteiger partial charge in [-0.2, -0.15) is 0 Å². The molecule has 0 spiro atoms. The predicted molar refractivity (Wildman–Crippen MR) is 86.8 cm³/mol. The summed E-state index contributed by atoms with van der Waals surface area (Å²) in [6.45, 7) is 3.09. The molecule has 1 saturated heterocycles. The van der Waals surface area contributed by atoms with E-state index in [1.54, 1.807) is 0 Å². The molecular weight excluding hydrogens is 258 g/mol. The molecule has 1 aliphatic heterocycles. The molecule has 0 unspecified atom stereocenters. The van der Waals surface area contributed by atoms with Crippen molar-refractivity contribution >= 4 is 0 Å². The largest absolute Gasteiger partial charge is 0.493 e. The van der Waals surface area contributed by atoms with Crippen LogP contribution in [-0.4, -0.2) is 19.7 Å². The SMILES string of the molecule is c1ccc(Cc2ccccc2OCC2CCNCC2)cc1. The van der Waals surface area contributed by atoms with E-state index in [0.29, 0.717) is 5.92 Å². The van der Waals surface area contributed by atoms with Crippen LogP contribution in [-0.2, 0) is 6.42 Å². The number of hydrogen-bond acceptors (Lipinski definition) is 2. The van der Waals surface area contributed by atoms with E-state index in [2.05, 4.69) is 59.9 Å². The van der Waals surface area contributed by atoms with Crippen LogP contribution in [0.1, 0.15) is 24.0 Å². The van der Waals surface area contributed by atoms with Crippen LogP contribution in [0.4, 0.5) is 0 Å². The van der Waals surface area contributed by atoms with Crippen molar-refractivity contribution in [3.8, 4) is 5.75 Å². The van der Waals surface area contributed by atoms with E-state index in [1.807, 2.05) is 0 Å². The van der Waals surface area contributed by atoms with Crippen LogP contribution in [0.2, 0.25) is 0 Å². The van der Waals surface area contributed by atoms with E-state index in [4.69, 9.17) is 4.74 Å². The lowest BCUT2D eigenvalue weighted by atomic mass is 9.99. The second-order valence-electron chi connectivity index (χ2n) is 5.77. The third kappa shape index (κ3) is 4.08. The molecular formula is C19H23NO. The van der Waals surface area contributed by atoms with E-state index < -0.39 is 0 Å². The summed E-state index contributed by atoms with van der Waals surface area (Å²) in [5.74, 6) is 1.73.